The Bertz CT molecular complexity index is 517. The first kappa shape index (κ1) is 21.0. The number of benzene rings is 1. The Hall–Kier alpha value is -1.08. The third-order valence-corrected chi connectivity index (χ3v) is 4.03. The van der Waals surface area contributed by atoms with Crippen molar-refractivity contribution in [3.63, 3.8) is 0 Å². The molecule has 1 aromatic rings. The lowest BCUT2D eigenvalue weighted by Crippen LogP contribution is -2.38. The zero-order valence-corrected chi connectivity index (χ0v) is 17.1. The number of halogens is 1. The average Bonchev–Trinajstić information content (AvgIpc) is 2.61. The second-order valence-corrected chi connectivity index (χ2v) is 5.90. The van der Waals surface area contributed by atoms with Gasteiger partial charge in [-0.25, -0.2) is 0 Å². The summed E-state index contributed by atoms with van der Waals surface area (Å²) in [5, 5.41) is 6.75. The van der Waals surface area contributed by atoms with Crippen molar-refractivity contribution in [2.75, 3.05) is 32.8 Å². The zero-order valence-electron chi connectivity index (χ0n) is 14.8. The monoisotopic (exact) mass is 443 g/mol. The highest BCUT2D eigenvalue weighted by molar-refractivity contribution is 14.0. The first-order valence-corrected chi connectivity index (χ1v) is 8.62. The lowest BCUT2D eigenvalue weighted by atomic mass is 10.0. The van der Waals surface area contributed by atoms with Crippen LogP contribution in [0.2, 0.25) is 0 Å². The maximum atomic E-state index is 5.34. The van der Waals surface area contributed by atoms with Crippen LogP contribution < -0.4 is 10.6 Å². The highest BCUT2D eigenvalue weighted by Crippen LogP contribution is 2.14. The fourth-order valence-electron chi connectivity index (χ4n) is 2.59. The van der Waals surface area contributed by atoms with Crippen LogP contribution in [0.1, 0.15) is 38.2 Å². The summed E-state index contributed by atoms with van der Waals surface area (Å²) in [6, 6.07) is 10.5. The summed E-state index contributed by atoms with van der Waals surface area (Å²) in [6.45, 7) is 8.51. The van der Waals surface area contributed by atoms with Crippen LogP contribution in [0, 0.1) is 0 Å². The first-order valence-electron chi connectivity index (χ1n) is 8.62. The molecule has 1 aromatic carbocycles. The molecule has 0 radical (unpaired) electrons. The van der Waals surface area contributed by atoms with Gasteiger partial charge >= 0.3 is 0 Å². The van der Waals surface area contributed by atoms with Gasteiger partial charge in [-0.05, 0) is 25.3 Å². The highest BCUT2D eigenvalue weighted by Gasteiger charge is 2.06. The third kappa shape index (κ3) is 7.66. The predicted octanol–water partition coefficient (Wildman–Crippen LogP) is 3.70. The molecule has 1 atom stereocenters. The standard InChI is InChI=1S/C19H29N3O.HI/c1-3-20-19(21-12-9-17-10-13-23-14-11-17)22-15-16(2)18-7-5-4-6-8-18;/h4-8,10,16H,3,9,11-15H2,1-2H3,(H2,20,21,22);1H. The molecule has 5 heteroatoms. The summed E-state index contributed by atoms with van der Waals surface area (Å²) in [4.78, 5) is 4.72. The van der Waals surface area contributed by atoms with Crippen molar-refractivity contribution in [2.45, 2.75) is 32.6 Å². The van der Waals surface area contributed by atoms with Gasteiger partial charge in [0, 0.05) is 25.6 Å². The summed E-state index contributed by atoms with van der Waals surface area (Å²) in [6.07, 6.45) is 4.31. The Kier molecular flexibility index (Phi) is 10.7. The van der Waals surface area contributed by atoms with Gasteiger partial charge in [0.25, 0.3) is 0 Å². The molecule has 0 aliphatic carbocycles. The quantitative estimate of drug-likeness (QED) is 0.293. The zero-order chi connectivity index (χ0) is 16.3. The Morgan fingerprint density at radius 1 is 1.25 bits per heavy atom. The number of nitrogens with one attached hydrogen (secondary N) is 2. The van der Waals surface area contributed by atoms with E-state index in [1.807, 2.05) is 0 Å². The van der Waals surface area contributed by atoms with Crippen molar-refractivity contribution >= 4 is 29.9 Å². The molecule has 1 aliphatic rings. The van der Waals surface area contributed by atoms with E-state index in [9.17, 15) is 0 Å². The van der Waals surface area contributed by atoms with E-state index >= 15 is 0 Å². The number of guanidine groups is 1. The smallest absolute Gasteiger partial charge is 0.191 e. The van der Waals surface area contributed by atoms with Crippen molar-refractivity contribution in [1.82, 2.24) is 10.6 Å². The van der Waals surface area contributed by atoms with Crippen LogP contribution in [-0.4, -0.2) is 38.8 Å². The van der Waals surface area contributed by atoms with Crippen LogP contribution in [0.3, 0.4) is 0 Å². The topological polar surface area (TPSA) is 45.7 Å². The minimum absolute atomic E-state index is 0. The molecule has 1 aliphatic heterocycles. The van der Waals surface area contributed by atoms with Crippen molar-refractivity contribution in [2.24, 2.45) is 4.99 Å². The molecule has 24 heavy (non-hydrogen) atoms. The molecule has 0 spiro atoms. The molecule has 0 aromatic heterocycles. The molecule has 2 rings (SSSR count). The van der Waals surface area contributed by atoms with Crippen LogP contribution in [-0.2, 0) is 4.74 Å². The number of ether oxygens (including phenoxy) is 1. The summed E-state index contributed by atoms with van der Waals surface area (Å²) in [5.74, 6) is 1.33. The van der Waals surface area contributed by atoms with Gasteiger partial charge in [-0.3, -0.25) is 4.99 Å². The van der Waals surface area contributed by atoms with Crippen LogP contribution in [0.4, 0.5) is 0 Å². The summed E-state index contributed by atoms with van der Waals surface area (Å²) in [5.41, 5.74) is 2.82. The van der Waals surface area contributed by atoms with Gasteiger partial charge in [0.05, 0.1) is 13.2 Å². The second kappa shape index (κ2) is 12.3. The van der Waals surface area contributed by atoms with Crippen LogP contribution in [0.25, 0.3) is 0 Å². The molecule has 0 saturated carbocycles. The number of hydrogen-bond donors (Lipinski definition) is 2. The highest BCUT2D eigenvalue weighted by atomic mass is 127. The van der Waals surface area contributed by atoms with E-state index in [4.69, 9.17) is 9.73 Å². The maximum Gasteiger partial charge on any atom is 0.191 e. The molecular weight excluding hydrogens is 413 g/mol. The van der Waals surface area contributed by atoms with Crippen molar-refractivity contribution in [1.29, 1.82) is 0 Å². The van der Waals surface area contributed by atoms with E-state index < -0.39 is 0 Å². The number of nitrogens with zero attached hydrogens (tertiary/aromatic N) is 1. The Morgan fingerprint density at radius 2 is 2.04 bits per heavy atom. The molecular formula is C19H30IN3O. The Balaban J connectivity index is 0.00000288. The van der Waals surface area contributed by atoms with Crippen molar-refractivity contribution < 1.29 is 4.74 Å². The van der Waals surface area contributed by atoms with E-state index in [0.717, 1.165) is 51.6 Å². The average molecular weight is 443 g/mol. The van der Waals surface area contributed by atoms with E-state index in [1.165, 1.54) is 11.1 Å². The van der Waals surface area contributed by atoms with Crippen molar-refractivity contribution in [3.05, 3.63) is 47.5 Å². The largest absolute Gasteiger partial charge is 0.377 e. The van der Waals surface area contributed by atoms with Gasteiger partial charge in [0.1, 0.15) is 0 Å². The van der Waals surface area contributed by atoms with Gasteiger partial charge in [0.2, 0.25) is 0 Å². The lowest BCUT2D eigenvalue weighted by molar-refractivity contribution is 0.153. The minimum Gasteiger partial charge on any atom is -0.377 e. The maximum absolute atomic E-state index is 5.34. The molecule has 1 heterocycles. The molecule has 0 fully saturated rings. The van der Waals surface area contributed by atoms with Gasteiger partial charge in [-0.2, -0.15) is 0 Å². The number of rotatable bonds is 7. The molecule has 0 bridgehead atoms. The number of aliphatic imine (C=N–C) groups is 1. The Morgan fingerprint density at radius 3 is 2.71 bits per heavy atom. The molecule has 1 unspecified atom stereocenters. The van der Waals surface area contributed by atoms with Gasteiger partial charge in [-0.1, -0.05) is 48.9 Å². The second-order valence-electron chi connectivity index (χ2n) is 5.90. The molecule has 0 saturated heterocycles. The van der Waals surface area contributed by atoms with Crippen LogP contribution in [0.5, 0.6) is 0 Å². The van der Waals surface area contributed by atoms with E-state index in [0.29, 0.717) is 5.92 Å². The third-order valence-electron chi connectivity index (χ3n) is 4.03. The Labute approximate surface area is 163 Å². The van der Waals surface area contributed by atoms with Gasteiger partial charge in [0.15, 0.2) is 5.96 Å². The van der Waals surface area contributed by atoms with Crippen molar-refractivity contribution in [3.8, 4) is 0 Å². The van der Waals surface area contributed by atoms with Crippen LogP contribution >= 0.6 is 24.0 Å². The molecule has 4 nitrogen and oxygen atoms in total. The number of hydrogen-bond acceptors (Lipinski definition) is 2. The molecule has 2 N–H and O–H groups in total. The molecule has 0 amide bonds. The lowest BCUT2D eigenvalue weighted by Gasteiger charge is -2.16. The van der Waals surface area contributed by atoms with Gasteiger partial charge < -0.3 is 15.4 Å². The van der Waals surface area contributed by atoms with Crippen LogP contribution in [0.15, 0.2) is 47.0 Å². The fraction of sp³-hybridized carbons (Fsp3) is 0.526. The van der Waals surface area contributed by atoms with E-state index in [1.54, 1.807) is 0 Å². The summed E-state index contributed by atoms with van der Waals surface area (Å²) in [7, 11) is 0. The van der Waals surface area contributed by atoms with E-state index in [2.05, 4.69) is 60.9 Å². The first-order chi connectivity index (χ1) is 11.3. The normalized spacial score (nSPS) is 15.9. The fourth-order valence-corrected chi connectivity index (χ4v) is 2.59. The molecule has 134 valence electrons. The summed E-state index contributed by atoms with van der Waals surface area (Å²) >= 11 is 0. The predicted molar refractivity (Wildman–Crippen MR) is 112 cm³/mol. The SMILES string of the molecule is CCNC(=NCC(C)c1ccccc1)NCCC1=CCOCC1.I. The van der Waals surface area contributed by atoms with Gasteiger partial charge in [-0.15, -0.1) is 24.0 Å². The minimum atomic E-state index is 0. The van der Waals surface area contributed by atoms with E-state index in [-0.39, 0.29) is 24.0 Å². The summed E-state index contributed by atoms with van der Waals surface area (Å²) < 4.78 is 5.34.